The monoisotopic (exact) mass is 242 g/mol. The van der Waals surface area contributed by atoms with Crippen molar-refractivity contribution in [3.8, 4) is 0 Å². The molecule has 2 aliphatic heterocycles. The quantitative estimate of drug-likeness (QED) is 0.642. The Morgan fingerprint density at radius 1 is 1.29 bits per heavy atom. The summed E-state index contributed by atoms with van der Waals surface area (Å²) in [6.07, 6.45) is 6.31. The molecule has 0 aliphatic carbocycles. The van der Waals surface area contributed by atoms with E-state index < -0.39 is 0 Å². The van der Waals surface area contributed by atoms with Crippen LogP contribution < -0.4 is 5.32 Å². The van der Waals surface area contributed by atoms with Crippen LogP contribution in [0.25, 0.3) is 0 Å². The number of ether oxygens (including phenoxy) is 1. The Balaban J connectivity index is 1.46. The molecule has 0 amide bonds. The van der Waals surface area contributed by atoms with E-state index in [9.17, 15) is 5.11 Å². The first-order valence-corrected chi connectivity index (χ1v) is 7.07. The molecule has 2 rings (SSSR count). The highest BCUT2D eigenvalue weighted by atomic mass is 16.5. The maximum Gasteiger partial charge on any atom is 0.0791 e. The molecule has 0 radical (unpaired) electrons. The standard InChI is InChI=1S/C13H26N2O2/c16-12(11-15-7-1-2-8-15)10-14-6-5-13-4-3-9-17-13/h12-14,16H,1-11H2. The van der Waals surface area contributed by atoms with E-state index in [1.54, 1.807) is 0 Å². The van der Waals surface area contributed by atoms with Gasteiger partial charge >= 0.3 is 0 Å². The summed E-state index contributed by atoms with van der Waals surface area (Å²) in [6.45, 7) is 5.75. The predicted molar refractivity (Wildman–Crippen MR) is 68.1 cm³/mol. The van der Waals surface area contributed by atoms with Crippen LogP contribution in [0.4, 0.5) is 0 Å². The highest BCUT2D eigenvalue weighted by Gasteiger charge is 2.16. The topological polar surface area (TPSA) is 44.7 Å². The molecule has 17 heavy (non-hydrogen) atoms. The molecular weight excluding hydrogens is 216 g/mol. The van der Waals surface area contributed by atoms with Gasteiger partial charge in [-0.15, -0.1) is 0 Å². The van der Waals surface area contributed by atoms with Crippen LogP contribution in [-0.2, 0) is 4.74 Å². The second-order valence-electron chi connectivity index (χ2n) is 5.29. The summed E-state index contributed by atoms with van der Waals surface area (Å²) in [5, 5.41) is 13.2. The van der Waals surface area contributed by atoms with E-state index >= 15 is 0 Å². The SMILES string of the molecule is OC(CNCCC1CCCO1)CN1CCCC1. The smallest absolute Gasteiger partial charge is 0.0791 e. The van der Waals surface area contributed by atoms with Crippen molar-refractivity contribution in [2.45, 2.75) is 44.3 Å². The second kappa shape index (κ2) is 7.31. The Labute approximate surface area is 104 Å². The number of β-amino-alcohol motifs (C(OH)–C–C–N with tert-alkyl or cyclic N) is 1. The lowest BCUT2D eigenvalue weighted by atomic mass is 10.2. The Kier molecular flexibility index (Phi) is 5.71. The van der Waals surface area contributed by atoms with Gasteiger partial charge in [-0.2, -0.15) is 0 Å². The average molecular weight is 242 g/mol. The molecule has 0 aromatic rings. The van der Waals surface area contributed by atoms with Crippen LogP contribution in [-0.4, -0.2) is 61.5 Å². The van der Waals surface area contributed by atoms with Gasteiger partial charge < -0.3 is 20.1 Å². The summed E-state index contributed by atoms with van der Waals surface area (Å²) in [5.74, 6) is 0. The van der Waals surface area contributed by atoms with Crippen LogP contribution in [0.1, 0.15) is 32.1 Å². The molecule has 4 heteroatoms. The van der Waals surface area contributed by atoms with Crippen LogP contribution in [0.3, 0.4) is 0 Å². The minimum Gasteiger partial charge on any atom is -0.390 e. The predicted octanol–water partition coefficient (Wildman–Crippen LogP) is 0.602. The molecule has 2 N–H and O–H groups in total. The van der Waals surface area contributed by atoms with E-state index in [0.717, 1.165) is 39.2 Å². The lowest BCUT2D eigenvalue weighted by Crippen LogP contribution is -2.37. The largest absolute Gasteiger partial charge is 0.390 e. The zero-order valence-corrected chi connectivity index (χ0v) is 10.7. The molecule has 2 unspecified atom stereocenters. The molecular formula is C13H26N2O2. The van der Waals surface area contributed by atoms with Crippen LogP contribution in [0.5, 0.6) is 0 Å². The molecule has 2 fully saturated rings. The Hall–Kier alpha value is -0.160. The maximum absolute atomic E-state index is 9.87. The first-order valence-electron chi connectivity index (χ1n) is 7.07. The van der Waals surface area contributed by atoms with Gasteiger partial charge in [0.05, 0.1) is 12.2 Å². The number of hydrogen-bond acceptors (Lipinski definition) is 4. The van der Waals surface area contributed by atoms with Crippen molar-refractivity contribution >= 4 is 0 Å². The number of nitrogens with one attached hydrogen (secondary N) is 1. The second-order valence-corrected chi connectivity index (χ2v) is 5.29. The van der Waals surface area contributed by atoms with Crippen molar-refractivity contribution in [2.75, 3.05) is 39.3 Å². The zero-order chi connectivity index (χ0) is 11.9. The fourth-order valence-electron chi connectivity index (χ4n) is 2.73. The minimum atomic E-state index is -0.224. The first kappa shape index (κ1) is 13.3. The Morgan fingerprint density at radius 3 is 2.82 bits per heavy atom. The summed E-state index contributed by atoms with van der Waals surface area (Å²) >= 11 is 0. The van der Waals surface area contributed by atoms with E-state index in [-0.39, 0.29) is 6.10 Å². The number of aliphatic hydroxyl groups excluding tert-OH is 1. The van der Waals surface area contributed by atoms with Crippen LogP contribution in [0, 0.1) is 0 Å². The van der Waals surface area contributed by atoms with Gasteiger partial charge in [0.25, 0.3) is 0 Å². The van der Waals surface area contributed by atoms with E-state index in [2.05, 4.69) is 10.2 Å². The summed E-state index contributed by atoms with van der Waals surface area (Å²) < 4.78 is 5.56. The van der Waals surface area contributed by atoms with E-state index in [1.807, 2.05) is 0 Å². The number of hydrogen-bond donors (Lipinski definition) is 2. The number of likely N-dealkylation sites (tertiary alicyclic amines) is 1. The third-order valence-electron chi connectivity index (χ3n) is 3.71. The lowest BCUT2D eigenvalue weighted by molar-refractivity contribution is 0.0989. The van der Waals surface area contributed by atoms with Crippen molar-refractivity contribution < 1.29 is 9.84 Å². The van der Waals surface area contributed by atoms with Crippen LogP contribution in [0.2, 0.25) is 0 Å². The number of aliphatic hydroxyl groups is 1. The molecule has 0 bridgehead atoms. The van der Waals surface area contributed by atoms with Crippen molar-refractivity contribution in [3.63, 3.8) is 0 Å². The van der Waals surface area contributed by atoms with Gasteiger partial charge in [0.2, 0.25) is 0 Å². The van der Waals surface area contributed by atoms with Gasteiger partial charge in [0.15, 0.2) is 0 Å². The van der Waals surface area contributed by atoms with Gasteiger partial charge in [-0.25, -0.2) is 0 Å². The van der Waals surface area contributed by atoms with Gasteiger partial charge in [-0.3, -0.25) is 0 Å². The normalized spacial score (nSPS) is 27.7. The highest BCUT2D eigenvalue weighted by Crippen LogP contribution is 2.14. The minimum absolute atomic E-state index is 0.224. The third kappa shape index (κ3) is 4.92. The molecule has 0 spiro atoms. The lowest BCUT2D eigenvalue weighted by Gasteiger charge is -2.19. The molecule has 2 atom stereocenters. The number of nitrogens with zero attached hydrogens (tertiary/aromatic N) is 1. The van der Waals surface area contributed by atoms with Crippen LogP contribution in [0.15, 0.2) is 0 Å². The van der Waals surface area contributed by atoms with Crippen molar-refractivity contribution in [3.05, 3.63) is 0 Å². The Morgan fingerprint density at radius 2 is 2.12 bits per heavy atom. The van der Waals surface area contributed by atoms with Crippen molar-refractivity contribution in [1.82, 2.24) is 10.2 Å². The Bertz CT molecular complexity index is 202. The summed E-state index contributed by atoms with van der Waals surface area (Å²) in [6, 6.07) is 0. The molecule has 100 valence electrons. The molecule has 4 nitrogen and oxygen atoms in total. The first-order chi connectivity index (χ1) is 8.34. The number of rotatable bonds is 7. The van der Waals surface area contributed by atoms with Gasteiger partial charge in [0, 0.05) is 19.7 Å². The summed E-state index contributed by atoms with van der Waals surface area (Å²) in [7, 11) is 0. The van der Waals surface area contributed by atoms with E-state index in [0.29, 0.717) is 12.6 Å². The third-order valence-corrected chi connectivity index (χ3v) is 3.71. The summed E-state index contributed by atoms with van der Waals surface area (Å²) in [5.41, 5.74) is 0. The summed E-state index contributed by atoms with van der Waals surface area (Å²) in [4.78, 5) is 2.35. The van der Waals surface area contributed by atoms with Gasteiger partial charge in [0.1, 0.15) is 0 Å². The average Bonchev–Trinajstić information content (AvgIpc) is 2.96. The molecule has 0 saturated carbocycles. The zero-order valence-electron chi connectivity index (χ0n) is 10.7. The maximum atomic E-state index is 9.87. The van der Waals surface area contributed by atoms with Gasteiger partial charge in [-0.05, 0) is 51.7 Å². The van der Waals surface area contributed by atoms with Crippen molar-refractivity contribution in [1.29, 1.82) is 0 Å². The van der Waals surface area contributed by atoms with Crippen molar-refractivity contribution in [2.24, 2.45) is 0 Å². The fraction of sp³-hybridized carbons (Fsp3) is 1.00. The molecule has 2 aliphatic rings. The van der Waals surface area contributed by atoms with E-state index in [1.165, 1.54) is 25.7 Å². The van der Waals surface area contributed by atoms with E-state index in [4.69, 9.17) is 4.74 Å². The fourth-order valence-corrected chi connectivity index (χ4v) is 2.73. The molecule has 2 heterocycles. The molecule has 0 aromatic heterocycles. The molecule has 0 aromatic carbocycles. The highest BCUT2D eigenvalue weighted by molar-refractivity contribution is 4.72. The van der Waals surface area contributed by atoms with Crippen LogP contribution >= 0.6 is 0 Å². The molecule has 2 saturated heterocycles. The van der Waals surface area contributed by atoms with Gasteiger partial charge in [-0.1, -0.05) is 0 Å².